The molecular weight excluding hydrogens is 765 g/mol. The molecule has 0 bridgehead atoms. The van der Waals surface area contributed by atoms with Gasteiger partial charge < -0.3 is 34.3 Å². The summed E-state index contributed by atoms with van der Waals surface area (Å²) in [5.41, 5.74) is 0. The first-order chi connectivity index (χ1) is 28.0. The predicted octanol–water partition coefficient (Wildman–Crippen LogP) is 9.23. The van der Waals surface area contributed by atoms with Crippen LogP contribution in [0, 0.1) is 0 Å². The van der Waals surface area contributed by atoms with Crippen LogP contribution in [0.15, 0.2) is 24.3 Å². The van der Waals surface area contributed by atoms with E-state index in [1.54, 1.807) is 0 Å². The van der Waals surface area contributed by atoms with Gasteiger partial charge in [-0.05, 0) is 64.2 Å². The number of aliphatic hydroxyl groups is 3. The smallest absolute Gasteiger partial charge is 0.306 e. The first-order valence-electron chi connectivity index (χ1n) is 22.9. The summed E-state index contributed by atoms with van der Waals surface area (Å²) < 4.78 is 54.0. The Balaban J connectivity index is 2.46. The number of ether oxygens (including phenoxy) is 4. The van der Waals surface area contributed by atoms with Crippen molar-refractivity contribution in [3.63, 3.8) is 0 Å². The number of esters is 2. The van der Waals surface area contributed by atoms with Crippen LogP contribution in [0.2, 0.25) is 0 Å². The van der Waals surface area contributed by atoms with Crippen LogP contribution in [0.4, 0.5) is 0 Å². The second kappa shape index (κ2) is 35.8. The predicted molar refractivity (Wildman–Crippen MR) is 229 cm³/mol. The Morgan fingerprint density at radius 1 is 0.569 bits per heavy atom. The van der Waals surface area contributed by atoms with Crippen molar-refractivity contribution < 1.29 is 56.8 Å². The largest absolute Gasteiger partial charge is 0.462 e. The summed E-state index contributed by atoms with van der Waals surface area (Å²) in [7, 11) is -4.60. The lowest BCUT2D eigenvalue weighted by molar-refractivity contribution is -0.297. The van der Waals surface area contributed by atoms with E-state index >= 15 is 0 Å². The lowest BCUT2D eigenvalue weighted by Crippen LogP contribution is -2.60. The van der Waals surface area contributed by atoms with Crippen molar-refractivity contribution in [3.8, 4) is 0 Å². The number of allylic oxidation sites excluding steroid dienone is 4. The zero-order valence-electron chi connectivity index (χ0n) is 36.2. The molecule has 0 saturated carbocycles. The maximum absolute atomic E-state index is 12.8. The molecule has 4 N–H and O–H groups in total. The third kappa shape index (κ3) is 30.2. The fraction of sp³-hybridized carbons (Fsp3) is 0.867. The highest BCUT2D eigenvalue weighted by molar-refractivity contribution is 7.85. The van der Waals surface area contributed by atoms with Crippen molar-refractivity contribution in [2.45, 2.75) is 230 Å². The van der Waals surface area contributed by atoms with Crippen molar-refractivity contribution in [3.05, 3.63) is 24.3 Å². The molecule has 1 fully saturated rings. The number of carbonyl (C=O) groups excluding carboxylic acids is 2. The number of unbranched alkanes of at least 4 members (excludes halogenated alkanes) is 22. The first-order valence-corrected chi connectivity index (χ1v) is 24.5. The van der Waals surface area contributed by atoms with E-state index in [0.717, 1.165) is 51.4 Å². The van der Waals surface area contributed by atoms with Crippen LogP contribution in [-0.4, -0.2) is 96.0 Å². The Morgan fingerprint density at radius 2 is 0.983 bits per heavy atom. The maximum atomic E-state index is 12.8. The van der Waals surface area contributed by atoms with E-state index in [9.17, 15) is 37.9 Å². The minimum absolute atomic E-state index is 0.145. The standard InChI is InChI=1S/C45H82O12S/c1-3-5-7-9-11-13-15-17-19-21-23-25-27-29-31-33-40(46)54-35-38(36-55-45-44(50)43(49)42(48)39(57-45)37-58(51,52)53)56-41(47)34-32-30-28-26-24-22-20-18-16-14-12-10-8-6-4-2/h13,15,22,24,38-39,42-45,48-50H,3-12,14,16-21,23,25-37H2,1-2H3,(H,51,52,53)/b15-13+,24-22+/t38-,39-,42-,43?,44?,45+/m1/s1. The van der Waals surface area contributed by atoms with Crippen LogP contribution in [0.25, 0.3) is 0 Å². The van der Waals surface area contributed by atoms with Crippen molar-refractivity contribution in [1.82, 2.24) is 0 Å². The third-order valence-electron chi connectivity index (χ3n) is 10.5. The molecule has 0 aliphatic carbocycles. The fourth-order valence-corrected chi connectivity index (χ4v) is 7.59. The highest BCUT2D eigenvalue weighted by atomic mass is 32.2. The van der Waals surface area contributed by atoms with E-state index in [4.69, 9.17) is 18.9 Å². The number of hydrogen-bond donors (Lipinski definition) is 4. The van der Waals surface area contributed by atoms with Crippen LogP contribution in [0.1, 0.15) is 194 Å². The molecule has 58 heavy (non-hydrogen) atoms. The average molecular weight is 847 g/mol. The first kappa shape index (κ1) is 54.1. The highest BCUT2D eigenvalue weighted by Gasteiger charge is 2.46. The van der Waals surface area contributed by atoms with Gasteiger partial charge in [0.2, 0.25) is 0 Å². The molecule has 1 heterocycles. The van der Waals surface area contributed by atoms with Gasteiger partial charge in [-0.25, -0.2) is 0 Å². The van der Waals surface area contributed by atoms with Gasteiger partial charge in [-0.3, -0.25) is 14.1 Å². The van der Waals surface area contributed by atoms with Gasteiger partial charge in [-0.1, -0.05) is 141 Å². The van der Waals surface area contributed by atoms with Crippen molar-refractivity contribution in [2.24, 2.45) is 0 Å². The molecule has 0 aromatic rings. The molecule has 0 radical (unpaired) electrons. The van der Waals surface area contributed by atoms with E-state index in [-0.39, 0.29) is 19.4 Å². The minimum atomic E-state index is -4.60. The van der Waals surface area contributed by atoms with Crippen LogP contribution in [-0.2, 0) is 38.7 Å². The van der Waals surface area contributed by atoms with Gasteiger partial charge in [-0.2, -0.15) is 8.42 Å². The quantitative estimate of drug-likeness (QED) is 0.0200. The molecule has 6 atom stereocenters. The van der Waals surface area contributed by atoms with E-state index < -0.39 is 71.2 Å². The summed E-state index contributed by atoms with van der Waals surface area (Å²) in [5, 5.41) is 30.9. The third-order valence-corrected chi connectivity index (χ3v) is 11.3. The van der Waals surface area contributed by atoms with Crippen molar-refractivity contribution >= 4 is 22.1 Å². The monoisotopic (exact) mass is 847 g/mol. The molecular formula is C45H82O12S. The Morgan fingerprint density at radius 3 is 1.47 bits per heavy atom. The van der Waals surface area contributed by atoms with Crippen molar-refractivity contribution in [2.75, 3.05) is 19.0 Å². The van der Waals surface area contributed by atoms with Gasteiger partial charge in [0.1, 0.15) is 36.8 Å². The fourth-order valence-electron chi connectivity index (χ4n) is 6.90. The average Bonchev–Trinajstić information content (AvgIpc) is 3.18. The van der Waals surface area contributed by atoms with E-state index in [0.29, 0.717) is 12.8 Å². The molecule has 2 unspecified atom stereocenters. The highest BCUT2D eigenvalue weighted by Crippen LogP contribution is 2.24. The normalized spacial score (nSPS) is 20.6. The summed E-state index contributed by atoms with van der Waals surface area (Å²) >= 11 is 0. The SMILES string of the molecule is CCCCCC/C=C/CCCCCCCCCC(=O)OC[C@H](CO[C@H]1O[C@H](CS(=O)(=O)O)[C@@H](O)C(O)C1O)OC(=O)CCCCC/C=C/CCCCCCCCCC. The molecule has 12 nitrogen and oxygen atoms in total. The molecule has 1 rings (SSSR count). The van der Waals surface area contributed by atoms with Crippen LogP contribution in [0.5, 0.6) is 0 Å². The zero-order chi connectivity index (χ0) is 42.7. The molecule has 1 saturated heterocycles. The van der Waals surface area contributed by atoms with Crippen LogP contribution >= 0.6 is 0 Å². The molecule has 0 aromatic carbocycles. The molecule has 0 spiro atoms. The summed E-state index contributed by atoms with van der Waals surface area (Å²) in [6.45, 7) is 3.73. The molecule has 13 heteroatoms. The van der Waals surface area contributed by atoms with Gasteiger partial charge in [0, 0.05) is 12.8 Å². The zero-order valence-corrected chi connectivity index (χ0v) is 37.0. The molecule has 0 amide bonds. The topological polar surface area (TPSA) is 186 Å². The summed E-state index contributed by atoms with van der Waals surface area (Å²) in [6, 6.07) is 0. The second-order valence-corrected chi connectivity index (χ2v) is 17.6. The summed E-state index contributed by atoms with van der Waals surface area (Å²) in [4.78, 5) is 25.4. The maximum Gasteiger partial charge on any atom is 0.306 e. The minimum Gasteiger partial charge on any atom is -0.462 e. The molecule has 1 aliphatic heterocycles. The Labute approximate surface area is 351 Å². The van der Waals surface area contributed by atoms with Crippen LogP contribution < -0.4 is 0 Å². The van der Waals surface area contributed by atoms with Gasteiger partial charge in [0.15, 0.2) is 12.4 Å². The second-order valence-electron chi connectivity index (χ2n) is 16.1. The van der Waals surface area contributed by atoms with E-state index in [2.05, 4.69) is 38.2 Å². The van der Waals surface area contributed by atoms with Crippen LogP contribution in [0.3, 0.4) is 0 Å². The number of carbonyl (C=O) groups is 2. The van der Waals surface area contributed by atoms with Gasteiger partial charge in [0.25, 0.3) is 10.1 Å². The Bertz CT molecular complexity index is 1180. The van der Waals surface area contributed by atoms with Crippen molar-refractivity contribution in [1.29, 1.82) is 0 Å². The van der Waals surface area contributed by atoms with Gasteiger partial charge in [0.05, 0.1) is 6.61 Å². The molecule has 340 valence electrons. The lowest BCUT2D eigenvalue weighted by atomic mass is 10.00. The Hall–Kier alpha value is -1.87. The number of rotatable bonds is 38. The molecule has 1 aliphatic rings. The van der Waals surface area contributed by atoms with E-state index in [1.165, 1.54) is 103 Å². The Kier molecular flexibility index (Phi) is 33.5. The summed E-state index contributed by atoms with van der Waals surface area (Å²) in [5.74, 6) is -2.00. The van der Waals surface area contributed by atoms with Gasteiger partial charge in [-0.15, -0.1) is 0 Å². The lowest BCUT2D eigenvalue weighted by Gasteiger charge is -2.40. The number of hydrogen-bond acceptors (Lipinski definition) is 11. The number of aliphatic hydroxyl groups excluding tert-OH is 3. The molecule has 0 aromatic heterocycles. The van der Waals surface area contributed by atoms with Gasteiger partial charge >= 0.3 is 11.9 Å². The summed E-state index contributed by atoms with van der Waals surface area (Å²) in [6.07, 6.45) is 29.3. The van der Waals surface area contributed by atoms with E-state index in [1.807, 2.05) is 0 Å².